The van der Waals surface area contributed by atoms with Gasteiger partial charge in [0, 0.05) is 12.8 Å². The van der Waals surface area contributed by atoms with Crippen molar-refractivity contribution < 1.29 is 19.7 Å². The van der Waals surface area contributed by atoms with Crippen molar-refractivity contribution in [2.24, 2.45) is 4.99 Å². The van der Waals surface area contributed by atoms with E-state index in [1.54, 1.807) is 19.2 Å². The molecule has 1 unspecified atom stereocenters. The third-order valence-electron chi connectivity index (χ3n) is 5.22. The van der Waals surface area contributed by atoms with E-state index < -0.39 is 23.2 Å². The van der Waals surface area contributed by atoms with Gasteiger partial charge in [-0.2, -0.15) is 0 Å². The van der Waals surface area contributed by atoms with Gasteiger partial charge in [-0.25, -0.2) is 4.79 Å². The SMILES string of the molecule is COc1ccc(CCn2c(O)c(C=NC(CO)Cc3ccccc3)c(=O)[nH]c2=O)cc1OC. The van der Waals surface area contributed by atoms with Crippen LogP contribution in [0.3, 0.4) is 0 Å². The van der Waals surface area contributed by atoms with Crippen molar-refractivity contribution >= 4 is 6.21 Å². The van der Waals surface area contributed by atoms with Crippen molar-refractivity contribution in [3.05, 3.63) is 86.1 Å². The number of benzene rings is 2. The standard InChI is InChI=1S/C24H27N3O6/c1-32-20-9-8-17(13-21(20)33-2)10-11-27-23(30)19(22(29)26-24(27)31)14-25-18(15-28)12-16-6-4-3-5-7-16/h3-9,13-14,18,28,30H,10-12,15H2,1-2H3,(H,26,29,31). The molecule has 0 aliphatic heterocycles. The van der Waals surface area contributed by atoms with Crippen LogP contribution < -0.4 is 20.7 Å². The van der Waals surface area contributed by atoms with Crippen LogP contribution in [0.5, 0.6) is 17.4 Å². The minimum Gasteiger partial charge on any atom is -0.494 e. The average Bonchev–Trinajstić information content (AvgIpc) is 2.83. The number of hydrogen-bond acceptors (Lipinski definition) is 7. The first-order valence-electron chi connectivity index (χ1n) is 10.4. The van der Waals surface area contributed by atoms with Crippen LogP contribution in [0.25, 0.3) is 0 Å². The molecule has 0 saturated heterocycles. The topological polar surface area (TPSA) is 126 Å². The quantitative estimate of drug-likeness (QED) is 0.400. The summed E-state index contributed by atoms with van der Waals surface area (Å²) in [6, 6.07) is 14.4. The third-order valence-corrected chi connectivity index (χ3v) is 5.22. The smallest absolute Gasteiger partial charge is 0.331 e. The van der Waals surface area contributed by atoms with E-state index in [4.69, 9.17) is 9.47 Å². The Morgan fingerprint density at radius 2 is 1.79 bits per heavy atom. The maximum Gasteiger partial charge on any atom is 0.331 e. The molecule has 0 spiro atoms. The summed E-state index contributed by atoms with van der Waals surface area (Å²) in [7, 11) is 3.07. The number of aliphatic hydroxyl groups is 1. The lowest BCUT2D eigenvalue weighted by molar-refractivity contribution is 0.266. The lowest BCUT2D eigenvalue weighted by Gasteiger charge is -2.12. The van der Waals surface area contributed by atoms with Gasteiger partial charge in [0.1, 0.15) is 5.56 Å². The molecule has 0 fully saturated rings. The molecule has 0 bridgehead atoms. The number of nitrogens with one attached hydrogen (secondary N) is 1. The molecule has 3 N–H and O–H groups in total. The number of aromatic hydroxyl groups is 1. The number of nitrogens with zero attached hydrogens (tertiary/aromatic N) is 2. The number of aliphatic hydroxyl groups excluding tert-OH is 1. The zero-order valence-electron chi connectivity index (χ0n) is 18.5. The van der Waals surface area contributed by atoms with Gasteiger partial charge in [0.25, 0.3) is 5.56 Å². The van der Waals surface area contributed by atoms with Gasteiger partial charge < -0.3 is 19.7 Å². The lowest BCUT2D eigenvalue weighted by atomic mass is 10.1. The summed E-state index contributed by atoms with van der Waals surface area (Å²) in [5.41, 5.74) is 0.210. The van der Waals surface area contributed by atoms with Crippen LogP contribution in [-0.4, -0.2) is 52.8 Å². The Bertz CT molecular complexity index is 1220. The molecular formula is C24H27N3O6. The second kappa shape index (κ2) is 11.1. The molecule has 1 atom stereocenters. The summed E-state index contributed by atoms with van der Waals surface area (Å²) in [5, 5.41) is 20.3. The molecule has 0 saturated carbocycles. The number of aromatic nitrogens is 2. The molecule has 33 heavy (non-hydrogen) atoms. The van der Waals surface area contributed by atoms with Gasteiger partial charge in [0.15, 0.2) is 11.5 Å². The zero-order valence-corrected chi connectivity index (χ0v) is 18.5. The van der Waals surface area contributed by atoms with Gasteiger partial charge in [-0.1, -0.05) is 36.4 Å². The lowest BCUT2D eigenvalue weighted by Crippen LogP contribution is -2.33. The summed E-state index contributed by atoms with van der Waals surface area (Å²) >= 11 is 0. The fourth-order valence-electron chi connectivity index (χ4n) is 3.41. The van der Waals surface area contributed by atoms with Crippen LogP contribution in [0.2, 0.25) is 0 Å². The molecule has 0 aliphatic rings. The normalized spacial score (nSPS) is 12.1. The van der Waals surface area contributed by atoms with Crippen molar-refractivity contribution in [1.82, 2.24) is 9.55 Å². The second-order valence-electron chi connectivity index (χ2n) is 7.39. The summed E-state index contributed by atoms with van der Waals surface area (Å²) in [4.78, 5) is 31.1. The van der Waals surface area contributed by atoms with E-state index in [2.05, 4.69) is 9.98 Å². The van der Waals surface area contributed by atoms with E-state index in [-0.39, 0.29) is 18.7 Å². The first kappa shape index (κ1) is 23.8. The summed E-state index contributed by atoms with van der Waals surface area (Å²) < 4.78 is 11.6. The highest BCUT2D eigenvalue weighted by atomic mass is 16.5. The van der Waals surface area contributed by atoms with E-state index in [1.807, 2.05) is 36.4 Å². The number of methoxy groups -OCH3 is 2. The Labute approximate surface area is 190 Å². The first-order valence-corrected chi connectivity index (χ1v) is 10.4. The Balaban J connectivity index is 1.81. The average molecular weight is 453 g/mol. The number of aryl methyl sites for hydroxylation is 1. The predicted octanol–water partition coefficient (Wildman–Crippen LogP) is 1.52. The molecule has 1 aromatic heterocycles. The highest BCUT2D eigenvalue weighted by Gasteiger charge is 2.14. The predicted molar refractivity (Wildman–Crippen MR) is 125 cm³/mol. The van der Waals surface area contributed by atoms with Gasteiger partial charge in [-0.05, 0) is 36.1 Å². The largest absolute Gasteiger partial charge is 0.494 e. The second-order valence-corrected chi connectivity index (χ2v) is 7.39. The van der Waals surface area contributed by atoms with Crippen LogP contribution in [0.4, 0.5) is 0 Å². The van der Waals surface area contributed by atoms with Gasteiger partial charge >= 0.3 is 5.69 Å². The molecule has 0 amide bonds. The van der Waals surface area contributed by atoms with Crippen molar-refractivity contribution in [3.63, 3.8) is 0 Å². The van der Waals surface area contributed by atoms with Crippen LogP contribution >= 0.6 is 0 Å². The van der Waals surface area contributed by atoms with Gasteiger partial charge in [0.05, 0.1) is 26.9 Å². The van der Waals surface area contributed by atoms with Gasteiger partial charge in [-0.3, -0.25) is 19.3 Å². The zero-order chi connectivity index (χ0) is 23.8. The maximum absolute atomic E-state index is 12.3. The highest BCUT2D eigenvalue weighted by Crippen LogP contribution is 2.27. The van der Waals surface area contributed by atoms with Gasteiger partial charge in [-0.15, -0.1) is 0 Å². The number of H-pyrrole nitrogens is 1. The number of aromatic amines is 1. The van der Waals surface area contributed by atoms with Crippen molar-refractivity contribution in [2.45, 2.75) is 25.4 Å². The molecule has 174 valence electrons. The Morgan fingerprint density at radius 1 is 1.06 bits per heavy atom. The fourth-order valence-corrected chi connectivity index (χ4v) is 3.41. The van der Waals surface area contributed by atoms with Crippen LogP contribution in [0.15, 0.2) is 63.1 Å². The number of ether oxygens (including phenoxy) is 2. The highest BCUT2D eigenvalue weighted by molar-refractivity contribution is 5.82. The minimum atomic E-state index is -0.750. The van der Waals surface area contributed by atoms with Crippen molar-refractivity contribution in [3.8, 4) is 17.4 Å². The van der Waals surface area contributed by atoms with Crippen LogP contribution in [0, 0.1) is 0 Å². The van der Waals surface area contributed by atoms with E-state index in [9.17, 15) is 19.8 Å². The maximum atomic E-state index is 12.3. The molecule has 9 nitrogen and oxygen atoms in total. The molecule has 3 aromatic rings. The molecule has 9 heteroatoms. The van der Waals surface area contributed by atoms with Crippen molar-refractivity contribution in [1.29, 1.82) is 0 Å². The molecule has 2 aromatic carbocycles. The number of hydrogen-bond donors (Lipinski definition) is 3. The van der Waals surface area contributed by atoms with E-state index >= 15 is 0 Å². The van der Waals surface area contributed by atoms with Crippen LogP contribution in [-0.2, 0) is 19.4 Å². The summed E-state index contributed by atoms with van der Waals surface area (Å²) in [5.74, 6) is 0.649. The van der Waals surface area contributed by atoms with Crippen LogP contribution in [0.1, 0.15) is 16.7 Å². The Hall–Kier alpha value is -3.85. The third kappa shape index (κ3) is 5.89. The van der Waals surface area contributed by atoms with E-state index in [0.29, 0.717) is 24.3 Å². The monoisotopic (exact) mass is 453 g/mol. The first-order chi connectivity index (χ1) is 16.0. The molecular weight excluding hydrogens is 426 g/mol. The summed E-state index contributed by atoms with van der Waals surface area (Å²) in [6.07, 6.45) is 2.06. The summed E-state index contributed by atoms with van der Waals surface area (Å²) in [6.45, 7) is -0.117. The van der Waals surface area contributed by atoms with E-state index in [0.717, 1.165) is 15.7 Å². The van der Waals surface area contributed by atoms with Gasteiger partial charge in [0.2, 0.25) is 5.88 Å². The fraction of sp³-hybridized carbons (Fsp3) is 0.292. The van der Waals surface area contributed by atoms with E-state index in [1.165, 1.54) is 13.3 Å². The molecule has 1 heterocycles. The molecule has 0 aliphatic carbocycles. The number of aliphatic imine (C=N–C) groups is 1. The molecule has 3 rings (SSSR count). The van der Waals surface area contributed by atoms with Crippen molar-refractivity contribution in [2.75, 3.05) is 20.8 Å². The Kier molecular flexibility index (Phi) is 8.04. The minimum absolute atomic E-state index is 0.116. The molecule has 0 radical (unpaired) electrons. The number of rotatable bonds is 10. The Morgan fingerprint density at radius 3 is 2.45 bits per heavy atom.